The van der Waals surface area contributed by atoms with Gasteiger partial charge < -0.3 is 10.1 Å². The zero-order valence-corrected chi connectivity index (χ0v) is 16.2. The third kappa shape index (κ3) is 5.10. The quantitative estimate of drug-likeness (QED) is 0.818. The summed E-state index contributed by atoms with van der Waals surface area (Å²) in [6.45, 7) is 7.13. The predicted molar refractivity (Wildman–Crippen MR) is 105 cm³/mol. The summed E-state index contributed by atoms with van der Waals surface area (Å²) in [5.74, 6) is -0.121. The van der Waals surface area contributed by atoms with Crippen LogP contribution in [0.2, 0.25) is 0 Å². The molecule has 1 unspecified atom stereocenters. The van der Waals surface area contributed by atoms with Crippen molar-refractivity contribution in [2.24, 2.45) is 0 Å². The molecule has 4 rings (SSSR count). The van der Waals surface area contributed by atoms with Crippen molar-refractivity contribution in [1.82, 2.24) is 19.4 Å². The lowest BCUT2D eigenvalue weighted by Gasteiger charge is -2.35. The van der Waals surface area contributed by atoms with E-state index in [1.54, 1.807) is 6.20 Å². The lowest BCUT2D eigenvalue weighted by Crippen LogP contribution is -2.48. The average molecular weight is 388 g/mol. The number of carbonyl (C=O) groups is 1. The molecule has 2 aromatic rings. The number of amides is 1. The first kappa shape index (κ1) is 18.5. The van der Waals surface area contributed by atoms with E-state index in [9.17, 15) is 4.79 Å². The third-order valence-electron chi connectivity index (χ3n) is 5.14. The number of aromatic nitrogens is 2. The largest absolute Gasteiger partial charge is 0.377 e. The first-order chi connectivity index (χ1) is 13.3. The number of anilines is 1. The van der Waals surface area contributed by atoms with Gasteiger partial charge in [-0.05, 0) is 30.5 Å². The highest BCUT2D eigenvalue weighted by Gasteiger charge is 2.23. The molecule has 0 spiro atoms. The normalized spacial score (nSPS) is 21.4. The minimum atomic E-state index is -0.121. The topological polar surface area (TPSA) is 70.6 Å². The first-order valence-corrected chi connectivity index (χ1v) is 10.3. The Labute approximate surface area is 163 Å². The molecule has 2 aliphatic heterocycles. The molecule has 2 fully saturated rings. The summed E-state index contributed by atoms with van der Waals surface area (Å²) < 4.78 is 9.51. The van der Waals surface area contributed by atoms with Crippen LogP contribution < -0.4 is 5.32 Å². The van der Waals surface area contributed by atoms with Crippen LogP contribution in [0.5, 0.6) is 0 Å². The van der Waals surface area contributed by atoms with Crippen molar-refractivity contribution in [3.8, 4) is 0 Å². The molecular formula is C19H25N5O2S. The fourth-order valence-corrected chi connectivity index (χ4v) is 4.10. The van der Waals surface area contributed by atoms with Gasteiger partial charge in [0, 0.05) is 63.0 Å². The molecule has 3 heterocycles. The molecule has 0 bridgehead atoms. The maximum Gasteiger partial charge on any atom is 0.256 e. The molecule has 2 saturated heterocycles. The van der Waals surface area contributed by atoms with Gasteiger partial charge in [0.2, 0.25) is 0 Å². The van der Waals surface area contributed by atoms with Crippen LogP contribution in [0, 0.1) is 0 Å². The van der Waals surface area contributed by atoms with E-state index in [1.807, 2.05) is 18.2 Å². The highest BCUT2D eigenvalue weighted by molar-refractivity contribution is 7.10. The molecule has 144 valence electrons. The van der Waals surface area contributed by atoms with Gasteiger partial charge in [0.25, 0.3) is 5.91 Å². The smallest absolute Gasteiger partial charge is 0.256 e. The molecule has 7 nitrogen and oxygen atoms in total. The number of rotatable bonds is 6. The SMILES string of the molecule is O=C(Nc1cnns1)c1cccc(CN2CCN(CC3CCCO3)CC2)c1. The van der Waals surface area contributed by atoms with Crippen molar-refractivity contribution < 1.29 is 9.53 Å². The summed E-state index contributed by atoms with van der Waals surface area (Å²) in [7, 11) is 0. The van der Waals surface area contributed by atoms with E-state index >= 15 is 0 Å². The van der Waals surface area contributed by atoms with Crippen LogP contribution in [0.1, 0.15) is 28.8 Å². The molecule has 8 heteroatoms. The predicted octanol–water partition coefficient (Wildman–Crippen LogP) is 2.09. The summed E-state index contributed by atoms with van der Waals surface area (Å²) >= 11 is 1.18. The Hall–Kier alpha value is -1.87. The number of hydrogen-bond acceptors (Lipinski definition) is 7. The number of benzene rings is 1. The van der Waals surface area contributed by atoms with Gasteiger partial charge in [0.05, 0.1) is 12.3 Å². The number of ether oxygens (including phenoxy) is 1. The Morgan fingerprint density at radius 1 is 1.26 bits per heavy atom. The van der Waals surface area contributed by atoms with Crippen LogP contribution in [0.4, 0.5) is 5.00 Å². The second-order valence-electron chi connectivity index (χ2n) is 7.15. The maximum atomic E-state index is 12.4. The van der Waals surface area contributed by atoms with Gasteiger partial charge >= 0.3 is 0 Å². The summed E-state index contributed by atoms with van der Waals surface area (Å²) in [6, 6.07) is 7.85. The van der Waals surface area contributed by atoms with Gasteiger partial charge in [-0.1, -0.05) is 16.6 Å². The number of nitrogens with one attached hydrogen (secondary N) is 1. The molecule has 1 amide bonds. The molecule has 0 aliphatic carbocycles. The lowest BCUT2D eigenvalue weighted by atomic mass is 10.1. The minimum Gasteiger partial charge on any atom is -0.377 e. The molecule has 1 N–H and O–H groups in total. The summed E-state index contributed by atoms with van der Waals surface area (Å²) in [5.41, 5.74) is 1.83. The fourth-order valence-electron chi connectivity index (χ4n) is 3.68. The van der Waals surface area contributed by atoms with Crippen LogP contribution >= 0.6 is 11.5 Å². The van der Waals surface area contributed by atoms with E-state index in [-0.39, 0.29) is 5.91 Å². The number of nitrogens with zero attached hydrogens (tertiary/aromatic N) is 4. The maximum absolute atomic E-state index is 12.4. The molecule has 1 aromatic carbocycles. The van der Waals surface area contributed by atoms with Gasteiger partial charge in [-0.3, -0.25) is 14.6 Å². The summed E-state index contributed by atoms with van der Waals surface area (Å²) in [6.07, 6.45) is 4.39. The summed E-state index contributed by atoms with van der Waals surface area (Å²) in [4.78, 5) is 17.3. The molecule has 1 aromatic heterocycles. The number of hydrogen-bond donors (Lipinski definition) is 1. The van der Waals surface area contributed by atoms with Crippen LogP contribution in [-0.2, 0) is 11.3 Å². The van der Waals surface area contributed by atoms with Crippen molar-refractivity contribution in [2.75, 3.05) is 44.6 Å². The van der Waals surface area contributed by atoms with Crippen LogP contribution in [0.3, 0.4) is 0 Å². The highest BCUT2D eigenvalue weighted by Crippen LogP contribution is 2.17. The van der Waals surface area contributed by atoms with E-state index in [0.717, 1.165) is 51.4 Å². The van der Waals surface area contributed by atoms with E-state index in [1.165, 1.54) is 24.4 Å². The van der Waals surface area contributed by atoms with Crippen molar-refractivity contribution in [3.05, 3.63) is 41.6 Å². The van der Waals surface area contributed by atoms with Crippen molar-refractivity contribution in [1.29, 1.82) is 0 Å². The zero-order chi connectivity index (χ0) is 18.5. The van der Waals surface area contributed by atoms with E-state index in [0.29, 0.717) is 16.7 Å². The van der Waals surface area contributed by atoms with Crippen LogP contribution in [-0.4, -0.2) is 70.7 Å². The molecular weight excluding hydrogens is 362 g/mol. The van der Waals surface area contributed by atoms with Crippen molar-refractivity contribution in [2.45, 2.75) is 25.5 Å². The van der Waals surface area contributed by atoms with Crippen molar-refractivity contribution >= 4 is 22.4 Å². The molecule has 0 radical (unpaired) electrons. The monoisotopic (exact) mass is 387 g/mol. The van der Waals surface area contributed by atoms with Gasteiger partial charge in [-0.25, -0.2) is 0 Å². The van der Waals surface area contributed by atoms with E-state index < -0.39 is 0 Å². The molecule has 2 aliphatic rings. The van der Waals surface area contributed by atoms with E-state index in [4.69, 9.17) is 4.74 Å². The van der Waals surface area contributed by atoms with E-state index in [2.05, 4.69) is 30.8 Å². The first-order valence-electron chi connectivity index (χ1n) is 9.50. The summed E-state index contributed by atoms with van der Waals surface area (Å²) in [5, 5.41) is 7.23. The minimum absolute atomic E-state index is 0.121. The second kappa shape index (κ2) is 8.88. The Morgan fingerprint density at radius 3 is 2.85 bits per heavy atom. The van der Waals surface area contributed by atoms with Crippen LogP contribution in [0.25, 0.3) is 0 Å². The Bertz CT molecular complexity index is 740. The number of carbonyl (C=O) groups excluding carboxylic acids is 1. The van der Waals surface area contributed by atoms with Crippen molar-refractivity contribution in [3.63, 3.8) is 0 Å². The Kier molecular flexibility index (Phi) is 6.08. The van der Waals surface area contributed by atoms with Crippen LogP contribution in [0.15, 0.2) is 30.5 Å². The van der Waals surface area contributed by atoms with Gasteiger partial charge in [0.1, 0.15) is 5.00 Å². The van der Waals surface area contributed by atoms with Gasteiger partial charge in [-0.15, -0.1) is 5.10 Å². The lowest BCUT2D eigenvalue weighted by molar-refractivity contribution is 0.0489. The Morgan fingerprint density at radius 2 is 2.11 bits per heavy atom. The highest BCUT2D eigenvalue weighted by atomic mass is 32.1. The fraction of sp³-hybridized carbons (Fsp3) is 0.526. The average Bonchev–Trinajstić information content (AvgIpc) is 3.38. The zero-order valence-electron chi connectivity index (χ0n) is 15.3. The van der Waals surface area contributed by atoms with Gasteiger partial charge in [-0.2, -0.15) is 0 Å². The molecule has 1 atom stereocenters. The van der Waals surface area contributed by atoms with Gasteiger partial charge in [0.15, 0.2) is 0 Å². The Balaban J connectivity index is 1.28. The second-order valence-corrected chi connectivity index (χ2v) is 7.93. The number of piperazine rings is 1. The molecule has 0 saturated carbocycles. The molecule has 27 heavy (non-hydrogen) atoms. The standard InChI is InChI=1S/C19H25N5O2S/c25-19(21-18-12-20-22-27-18)16-4-1-3-15(11-16)13-23-6-8-24(9-7-23)14-17-5-2-10-26-17/h1,3-4,11-12,17H,2,5-10,13-14H2,(H,21,25). The third-order valence-corrected chi connectivity index (χ3v) is 5.72.